The first-order valence-corrected chi connectivity index (χ1v) is 17.2. The average molecular weight is 630 g/mol. The first-order valence-electron chi connectivity index (χ1n) is 17.2. The Balaban J connectivity index is 1.21. The van der Waals surface area contributed by atoms with Gasteiger partial charge in [-0.1, -0.05) is 143 Å². The highest BCUT2D eigenvalue weighted by Gasteiger charge is 2.40. The molecule has 0 bridgehead atoms. The van der Waals surface area contributed by atoms with Gasteiger partial charge in [0.05, 0.1) is 22.4 Å². The van der Waals surface area contributed by atoms with E-state index >= 15 is 0 Å². The number of rotatable bonds is 3. The van der Waals surface area contributed by atoms with Crippen molar-refractivity contribution in [1.82, 2.24) is 14.5 Å². The molecule has 0 N–H and O–H groups in total. The van der Waals surface area contributed by atoms with Gasteiger partial charge >= 0.3 is 0 Å². The SMILES string of the molecule is CC1(C)c2ccccc2-c2c(-c3ccccc3)nc(-c3cccc(-n4c5ccccc5c5c6c(ccc54)-c4ccccc4C6(C)C)c3)nc21. The van der Waals surface area contributed by atoms with Crippen LogP contribution in [0.3, 0.4) is 0 Å². The Morgan fingerprint density at radius 3 is 2.00 bits per heavy atom. The molecule has 49 heavy (non-hydrogen) atoms. The summed E-state index contributed by atoms with van der Waals surface area (Å²) >= 11 is 0. The fourth-order valence-electron chi connectivity index (χ4n) is 8.87. The first kappa shape index (κ1) is 28.2. The summed E-state index contributed by atoms with van der Waals surface area (Å²) in [6.45, 7) is 9.32. The summed E-state index contributed by atoms with van der Waals surface area (Å²) in [5.41, 5.74) is 16.5. The number of aromatic nitrogens is 3. The van der Waals surface area contributed by atoms with Crippen LogP contribution in [-0.4, -0.2) is 14.5 Å². The maximum Gasteiger partial charge on any atom is 0.160 e. The van der Waals surface area contributed by atoms with E-state index in [2.05, 4.69) is 172 Å². The lowest BCUT2D eigenvalue weighted by molar-refractivity contribution is 0.636. The molecule has 8 aromatic rings. The highest BCUT2D eigenvalue weighted by molar-refractivity contribution is 6.14. The van der Waals surface area contributed by atoms with E-state index in [1.54, 1.807) is 0 Å². The summed E-state index contributed by atoms with van der Waals surface area (Å²) < 4.78 is 2.43. The van der Waals surface area contributed by atoms with Crippen molar-refractivity contribution in [3.8, 4) is 50.6 Å². The summed E-state index contributed by atoms with van der Waals surface area (Å²) in [6.07, 6.45) is 0. The predicted molar refractivity (Wildman–Crippen MR) is 202 cm³/mol. The lowest BCUT2D eigenvalue weighted by Gasteiger charge is -2.22. The number of para-hydroxylation sites is 1. The summed E-state index contributed by atoms with van der Waals surface area (Å²) in [6, 6.07) is 50.5. The number of nitrogens with zero attached hydrogens (tertiary/aromatic N) is 3. The van der Waals surface area contributed by atoms with Crippen molar-refractivity contribution in [1.29, 1.82) is 0 Å². The largest absolute Gasteiger partial charge is 0.309 e. The van der Waals surface area contributed by atoms with E-state index in [-0.39, 0.29) is 10.8 Å². The van der Waals surface area contributed by atoms with Gasteiger partial charge in [-0.3, -0.25) is 0 Å². The maximum absolute atomic E-state index is 5.39. The first-order chi connectivity index (χ1) is 23.8. The Kier molecular flexibility index (Phi) is 5.69. The van der Waals surface area contributed by atoms with E-state index < -0.39 is 0 Å². The molecule has 2 heterocycles. The fourth-order valence-corrected chi connectivity index (χ4v) is 8.87. The van der Waals surface area contributed by atoms with Crippen LogP contribution in [0.15, 0.2) is 140 Å². The monoisotopic (exact) mass is 629 g/mol. The zero-order valence-corrected chi connectivity index (χ0v) is 28.1. The third kappa shape index (κ3) is 3.79. The molecule has 0 unspecified atom stereocenters. The van der Waals surface area contributed by atoms with E-state index in [0.29, 0.717) is 0 Å². The topological polar surface area (TPSA) is 30.7 Å². The maximum atomic E-state index is 5.39. The molecule has 2 aliphatic rings. The van der Waals surface area contributed by atoms with Gasteiger partial charge < -0.3 is 4.57 Å². The lowest BCUT2D eigenvalue weighted by atomic mass is 9.80. The highest BCUT2D eigenvalue weighted by atomic mass is 15.0. The third-order valence-electron chi connectivity index (χ3n) is 11.1. The van der Waals surface area contributed by atoms with Crippen molar-refractivity contribution in [2.75, 3.05) is 0 Å². The molecule has 3 heteroatoms. The second-order valence-corrected chi connectivity index (χ2v) is 14.6. The molecule has 3 nitrogen and oxygen atoms in total. The Morgan fingerprint density at radius 1 is 0.510 bits per heavy atom. The minimum absolute atomic E-state index is 0.112. The van der Waals surface area contributed by atoms with E-state index in [9.17, 15) is 0 Å². The molecule has 0 amide bonds. The van der Waals surface area contributed by atoms with Crippen molar-refractivity contribution < 1.29 is 0 Å². The normalized spacial score (nSPS) is 14.9. The molecule has 0 spiro atoms. The van der Waals surface area contributed by atoms with Crippen LogP contribution in [0.1, 0.15) is 50.1 Å². The number of benzene rings is 6. The van der Waals surface area contributed by atoms with Gasteiger partial charge in [0.15, 0.2) is 5.82 Å². The quantitative estimate of drug-likeness (QED) is 0.195. The second kappa shape index (κ2) is 9.87. The predicted octanol–water partition coefficient (Wildman–Crippen LogP) is 11.5. The van der Waals surface area contributed by atoms with Gasteiger partial charge in [0.1, 0.15) is 0 Å². The summed E-state index contributed by atoms with van der Waals surface area (Å²) in [4.78, 5) is 10.8. The van der Waals surface area contributed by atoms with Crippen LogP contribution in [0.4, 0.5) is 0 Å². The molecule has 0 fully saturated rings. The molecule has 0 aliphatic heterocycles. The van der Waals surface area contributed by atoms with Crippen molar-refractivity contribution in [3.05, 3.63) is 162 Å². The van der Waals surface area contributed by atoms with Gasteiger partial charge in [-0.2, -0.15) is 0 Å². The van der Waals surface area contributed by atoms with Crippen LogP contribution >= 0.6 is 0 Å². The van der Waals surface area contributed by atoms with Gasteiger partial charge in [0, 0.05) is 44.0 Å². The second-order valence-electron chi connectivity index (χ2n) is 14.6. The van der Waals surface area contributed by atoms with Gasteiger partial charge in [-0.25, -0.2) is 9.97 Å². The Morgan fingerprint density at radius 2 is 1.18 bits per heavy atom. The van der Waals surface area contributed by atoms with E-state index in [1.165, 1.54) is 55.2 Å². The molecule has 234 valence electrons. The zero-order valence-electron chi connectivity index (χ0n) is 28.1. The molecule has 10 rings (SSSR count). The van der Waals surface area contributed by atoms with Crippen LogP contribution < -0.4 is 0 Å². The fraction of sp³-hybridized carbons (Fsp3) is 0.130. The Bertz CT molecular complexity index is 2660. The molecule has 0 saturated carbocycles. The minimum atomic E-state index is -0.248. The molecular formula is C46H35N3. The molecule has 0 saturated heterocycles. The van der Waals surface area contributed by atoms with Crippen molar-refractivity contribution in [3.63, 3.8) is 0 Å². The van der Waals surface area contributed by atoms with Gasteiger partial charge in [0.25, 0.3) is 0 Å². The van der Waals surface area contributed by atoms with Crippen LogP contribution in [0.5, 0.6) is 0 Å². The van der Waals surface area contributed by atoms with Crippen LogP contribution in [0.25, 0.3) is 72.4 Å². The Labute approximate surface area is 286 Å². The van der Waals surface area contributed by atoms with Gasteiger partial charge in [0.2, 0.25) is 0 Å². The van der Waals surface area contributed by atoms with Gasteiger partial charge in [-0.05, 0) is 57.6 Å². The summed E-state index contributed by atoms with van der Waals surface area (Å²) in [5, 5.41) is 2.61. The minimum Gasteiger partial charge on any atom is -0.309 e. The zero-order chi connectivity index (χ0) is 33.1. The molecule has 0 radical (unpaired) electrons. The molecule has 2 aromatic heterocycles. The number of fused-ring (bicyclic) bond motifs is 10. The van der Waals surface area contributed by atoms with Crippen LogP contribution in [0, 0.1) is 0 Å². The average Bonchev–Trinajstić information content (AvgIpc) is 3.69. The number of hydrogen-bond acceptors (Lipinski definition) is 2. The van der Waals surface area contributed by atoms with Crippen molar-refractivity contribution in [2.45, 2.75) is 38.5 Å². The van der Waals surface area contributed by atoms with Crippen LogP contribution in [-0.2, 0) is 10.8 Å². The van der Waals surface area contributed by atoms with Crippen molar-refractivity contribution >= 4 is 21.8 Å². The van der Waals surface area contributed by atoms with E-state index in [1.807, 2.05) is 0 Å². The Hall–Kier alpha value is -5.80. The van der Waals surface area contributed by atoms with E-state index in [4.69, 9.17) is 9.97 Å². The van der Waals surface area contributed by atoms with Gasteiger partial charge in [-0.15, -0.1) is 0 Å². The molecule has 6 aromatic carbocycles. The third-order valence-corrected chi connectivity index (χ3v) is 11.1. The summed E-state index contributed by atoms with van der Waals surface area (Å²) in [5.74, 6) is 0.749. The van der Waals surface area contributed by atoms with Crippen LogP contribution in [0.2, 0.25) is 0 Å². The highest BCUT2D eigenvalue weighted by Crippen LogP contribution is 2.54. The lowest BCUT2D eigenvalue weighted by Crippen LogP contribution is -2.17. The number of hydrogen-bond donors (Lipinski definition) is 0. The standard InChI is InChI=1S/C46H35N3/c1-45(2)35-22-11-8-19-31(35)32-25-26-38-39(41(32)45)34-21-10-13-24-37(34)49(38)30-18-14-17-29(27-30)44-47-42(28-15-6-5-7-16-28)40-33-20-9-12-23-36(33)46(3,4)43(40)48-44/h5-27H,1-4H3. The van der Waals surface area contributed by atoms with E-state index in [0.717, 1.165) is 39.6 Å². The summed E-state index contributed by atoms with van der Waals surface area (Å²) in [7, 11) is 0. The molecular weight excluding hydrogens is 595 g/mol. The molecule has 0 atom stereocenters. The van der Waals surface area contributed by atoms with Crippen molar-refractivity contribution in [2.24, 2.45) is 0 Å². The molecule has 2 aliphatic carbocycles. The smallest absolute Gasteiger partial charge is 0.160 e.